The maximum absolute atomic E-state index is 12.2. The zero-order chi connectivity index (χ0) is 24.6. The molecule has 0 bridgehead atoms. The third kappa shape index (κ3) is 6.26. The van der Waals surface area contributed by atoms with Crippen LogP contribution >= 0.6 is 0 Å². The molecule has 0 unspecified atom stereocenters. The number of hydrogen-bond donors (Lipinski definition) is 3. The Kier molecular flexibility index (Phi) is 7.77. The molecular formula is C28H28N2O5. The van der Waals surface area contributed by atoms with Crippen LogP contribution in [0.3, 0.4) is 0 Å². The molecule has 7 nitrogen and oxygen atoms in total. The second-order valence-electron chi connectivity index (χ2n) is 8.53. The number of carboxylic acids is 1. The lowest BCUT2D eigenvalue weighted by molar-refractivity contribution is -0.136. The van der Waals surface area contributed by atoms with Gasteiger partial charge in [-0.3, -0.25) is 9.59 Å². The van der Waals surface area contributed by atoms with Gasteiger partial charge >= 0.3 is 12.1 Å². The van der Waals surface area contributed by atoms with Crippen LogP contribution in [0.4, 0.5) is 10.5 Å². The zero-order valence-corrected chi connectivity index (χ0v) is 19.3. The van der Waals surface area contributed by atoms with Crippen molar-refractivity contribution in [3.8, 4) is 11.1 Å². The van der Waals surface area contributed by atoms with Crippen LogP contribution in [0.15, 0.2) is 72.8 Å². The van der Waals surface area contributed by atoms with E-state index in [0.717, 1.165) is 0 Å². The van der Waals surface area contributed by atoms with E-state index in [4.69, 9.17) is 9.84 Å². The van der Waals surface area contributed by atoms with Gasteiger partial charge in [0.05, 0.1) is 6.42 Å². The zero-order valence-electron chi connectivity index (χ0n) is 19.3. The van der Waals surface area contributed by atoms with Crippen molar-refractivity contribution in [1.29, 1.82) is 0 Å². The van der Waals surface area contributed by atoms with Gasteiger partial charge in [-0.15, -0.1) is 0 Å². The highest BCUT2D eigenvalue weighted by Crippen LogP contribution is 2.44. The summed E-state index contributed by atoms with van der Waals surface area (Å²) in [6, 6.07) is 23.1. The van der Waals surface area contributed by atoms with Crippen molar-refractivity contribution >= 4 is 23.7 Å². The van der Waals surface area contributed by atoms with E-state index in [1.165, 1.54) is 22.3 Å². The molecule has 1 aliphatic carbocycles. The first-order chi connectivity index (χ1) is 17.0. The van der Waals surface area contributed by atoms with Crippen LogP contribution in [-0.2, 0) is 20.7 Å². The maximum atomic E-state index is 12.2. The number of benzene rings is 3. The van der Waals surface area contributed by atoms with Crippen LogP contribution < -0.4 is 10.6 Å². The summed E-state index contributed by atoms with van der Waals surface area (Å²) in [4.78, 5) is 35.0. The van der Waals surface area contributed by atoms with E-state index in [1.807, 2.05) is 24.3 Å². The molecule has 0 heterocycles. The molecule has 3 aromatic carbocycles. The summed E-state index contributed by atoms with van der Waals surface area (Å²) in [7, 11) is 0. The molecule has 0 radical (unpaired) electrons. The molecule has 0 aliphatic heterocycles. The smallest absolute Gasteiger partial charge is 0.407 e. The van der Waals surface area contributed by atoms with Gasteiger partial charge in [0.25, 0.3) is 0 Å². The van der Waals surface area contributed by atoms with Crippen LogP contribution in [0.25, 0.3) is 11.1 Å². The minimum atomic E-state index is -0.895. The van der Waals surface area contributed by atoms with Crippen molar-refractivity contribution in [1.82, 2.24) is 5.32 Å². The van der Waals surface area contributed by atoms with E-state index in [2.05, 4.69) is 34.9 Å². The van der Waals surface area contributed by atoms with E-state index in [-0.39, 0.29) is 24.9 Å². The number of ether oxygens (including phenoxy) is 1. The number of fused-ring (bicyclic) bond motifs is 3. The third-order valence-electron chi connectivity index (χ3n) is 6.04. The monoisotopic (exact) mass is 472 g/mol. The number of hydrogen-bond acceptors (Lipinski definition) is 4. The van der Waals surface area contributed by atoms with Gasteiger partial charge in [-0.2, -0.15) is 0 Å². The molecule has 35 heavy (non-hydrogen) atoms. The number of anilines is 1. The fourth-order valence-electron chi connectivity index (χ4n) is 4.35. The van der Waals surface area contributed by atoms with E-state index in [0.29, 0.717) is 37.1 Å². The Balaban J connectivity index is 1.14. The van der Waals surface area contributed by atoms with Crippen molar-refractivity contribution < 1.29 is 24.2 Å². The molecule has 0 saturated carbocycles. The van der Waals surface area contributed by atoms with Crippen molar-refractivity contribution in [3.05, 3.63) is 89.5 Å². The van der Waals surface area contributed by atoms with Gasteiger partial charge < -0.3 is 20.5 Å². The average molecular weight is 473 g/mol. The van der Waals surface area contributed by atoms with E-state index < -0.39 is 12.1 Å². The van der Waals surface area contributed by atoms with Crippen LogP contribution in [0.1, 0.15) is 41.9 Å². The lowest BCUT2D eigenvalue weighted by Crippen LogP contribution is -2.27. The predicted octanol–water partition coefficient (Wildman–Crippen LogP) is 4.96. The number of nitrogens with one attached hydrogen (secondary N) is 2. The van der Waals surface area contributed by atoms with Gasteiger partial charge in [-0.05, 0) is 52.8 Å². The molecule has 1 aliphatic rings. The van der Waals surface area contributed by atoms with Crippen molar-refractivity contribution in [2.75, 3.05) is 18.5 Å². The first-order valence-electron chi connectivity index (χ1n) is 11.7. The number of alkyl carbamates (subject to hydrolysis) is 1. The lowest BCUT2D eigenvalue weighted by Gasteiger charge is -2.14. The molecule has 4 rings (SSSR count). The summed E-state index contributed by atoms with van der Waals surface area (Å²) in [5, 5.41) is 14.4. The molecule has 0 spiro atoms. The Hall–Kier alpha value is -4.13. The molecular weight excluding hydrogens is 444 g/mol. The molecule has 3 aromatic rings. The van der Waals surface area contributed by atoms with Crippen molar-refractivity contribution in [2.45, 2.75) is 31.6 Å². The number of aliphatic carboxylic acids is 1. The van der Waals surface area contributed by atoms with Gasteiger partial charge in [0.15, 0.2) is 0 Å². The molecule has 0 atom stereocenters. The SMILES string of the molecule is O=C(O)Cc1ccc(NC(=O)CCCCNC(=O)OCC2c3ccccc3-c3ccccc32)cc1. The average Bonchev–Trinajstić information content (AvgIpc) is 3.17. The minimum Gasteiger partial charge on any atom is -0.481 e. The van der Waals surface area contributed by atoms with E-state index in [1.54, 1.807) is 24.3 Å². The number of carbonyl (C=O) groups excluding carboxylic acids is 2. The summed E-state index contributed by atoms with van der Waals surface area (Å²) in [5.41, 5.74) is 6.02. The molecule has 0 fully saturated rings. The Morgan fingerprint density at radius 1 is 0.829 bits per heavy atom. The van der Waals surface area contributed by atoms with Gasteiger partial charge in [-0.1, -0.05) is 60.7 Å². The van der Waals surface area contributed by atoms with E-state index >= 15 is 0 Å². The quantitative estimate of drug-likeness (QED) is 0.362. The topological polar surface area (TPSA) is 105 Å². The fourth-order valence-corrected chi connectivity index (χ4v) is 4.35. The molecule has 0 aromatic heterocycles. The minimum absolute atomic E-state index is 0.0232. The van der Waals surface area contributed by atoms with Crippen LogP contribution in [0, 0.1) is 0 Å². The number of carbonyl (C=O) groups is 3. The number of unbranched alkanes of at least 4 members (excludes halogenated alkanes) is 1. The summed E-state index contributed by atoms with van der Waals surface area (Å²) in [5.74, 6) is -0.999. The Morgan fingerprint density at radius 2 is 1.46 bits per heavy atom. The summed E-state index contributed by atoms with van der Waals surface area (Å²) < 4.78 is 5.51. The maximum Gasteiger partial charge on any atom is 0.407 e. The Morgan fingerprint density at radius 3 is 2.09 bits per heavy atom. The highest BCUT2D eigenvalue weighted by molar-refractivity contribution is 5.90. The van der Waals surface area contributed by atoms with Gasteiger partial charge in [0, 0.05) is 24.6 Å². The fraction of sp³-hybridized carbons (Fsp3) is 0.250. The van der Waals surface area contributed by atoms with Crippen LogP contribution in [0.2, 0.25) is 0 Å². The molecule has 0 saturated heterocycles. The third-order valence-corrected chi connectivity index (χ3v) is 6.04. The summed E-state index contributed by atoms with van der Waals surface area (Å²) in [6.45, 7) is 0.696. The van der Waals surface area contributed by atoms with Gasteiger partial charge in [0.2, 0.25) is 5.91 Å². The first-order valence-corrected chi connectivity index (χ1v) is 11.7. The highest BCUT2D eigenvalue weighted by atomic mass is 16.5. The summed E-state index contributed by atoms with van der Waals surface area (Å²) in [6.07, 6.45) is 1.08. The van der Waals surface area contributed by atoms with Crippen molar-refractivity contribution in [3.63, 3.8) is 0 Å². The largest absolute Gasteiger partial charge is 0.481 e. The van der Waals surface area contributed by atoms with Gasteiger partial charge in [-0.25, -0.2) is 4.79 Å². The second kappa shape index (κ2) is 11.3. The van der Waals surface area contributed by atoms with Crippen LogP contribution in [-0.4, -0.2) is 36.2 Å². The predicted molar refractivity (Wildman–Crippen MR) is 133 cm³/mol. The molecule has 3 N–H and O–H groups in total. The Labute approximate surface area is 204 Å². The first kappa shape index (κ1) is 24.0. The number of carboxylic acid groups (broad SMARTS) is 1. The van der Waals surface area contributed by atoms with Crippen LogP contribution in [0.5, 0.6) is 0 Å². The molecule has 7 heteroatoms. The highest BCUT2D eigenvalue weighted by Gasteiger charge is 2.28. The van der Waals surface area contributed by atoms with Gasteiger partial charge in [0.1, 0.15) is 6.61 Å². The van der Waals surface area contributed by atoms with E-state index in [9.17, 15) is 14.4 Å². The molecule has 2 amide bonds. The molecule has 180 valence electrons. The second-order valence-corrected chi connectivity index (χ2v) is 8.53. The standard InChI is InChI=1S/C28H28N2O5/c31-26(30-20-14-12-19(13-15-20)17-27(32)33)11-5-6-16-29-28(34)35-18-25-23-9-3-1-7-21(23)22-8-2-4-10-24(22)25/h1-4,7-10,12-15,25H,5-6,11,16-18H2,(H,29,34)(H,30,31)(H,32,33). The number of rotatable bonds is 10. The Bertz CT molecular complexity index is 1160. The van der Waals surface area contributed by atoms with Crippen molar-refractivity contribution in [2.24, 2.45) is 0 Å². The lowest BCUT2D eigenvalue weighted by atomic mass is 9.98. The normalized spacial score (nSPS) is 11.9. The number of amides is 2. The summed E-state index contributed by atoms with van der Waals surface area (Å²) >= 11 is 0.